The molecule has 0 aromatic carbocycles. The van der Waals surface area contributed by atoms with Crippen LogP contribution in [-0.2, 0) is 14.9 Å². The lowest BCUT2D eigenvalue weighted by atomic mass is 9.96. The van der Waals surface area contributed by atoms with Crippen molar-refractivity contribution in [3.05, 3.63) is 28.0 Å². The lowest BCUT2D eigenvalue weighted by Gasteiger charge is -2.17. The van der Waals surface area contributed by atoms with Crippen LogP contribution in [-0.4, -0.2) is 29.2 Å². The Balaban J connectivity index is 2.26. The van der Waals surface area contributed by atoms with E-state index in [1.165, 1.54) is 19.2 Å². The fraction of sp³-hybridized carbons (Fsp3) is 0.500. The Bertz CT molecular complexity index is 461. The second-order valence-corrected chi connectivity index (χ2v) is 3.98. The molecule has 0 radical (unpaired) electrons. The van der Waals surface area contributed by atoms with Crippen LogP contribution in [0.15, 0.2) is 16.5 Å². The molecule has 1 fully saturated rings. The van der Waals surface area contributed by atoms with Crippen LogP contribution in [0, 0.1) is 10.1 Å². The Morgan fingerprint density at radius 1 is 1.65 bits per heavy atom. The third-order valence-corrected chi connectivity index (χ3v) is 3.00. The zero-order chi connectivity index (χ0) is 12.6. The number of rotatable bonds is 4. The summed E-state index contributed by atoms with van der Waals surface area (Å²) in [4.78, 5) is 21.1. The van der Waals surface area contributed by atoms with Gasteiger partial charge in [-0.15, -0.1) is 0 Å². The predicted molar refractivity (Wildman–Crippen MR) is 54.3 cm³/mol. The maximum absolute atomic E-state index is 11.3. The Labute approximate surface area is 96.1 Å². The normalized spacial score (nSPS) is 18.5. The number of aliphatic hydroxyl groups is 1. The largest absolute Gasteiger partial charge is 0.467 e. The fourth-order valence-electron chi connectivity index (χ4n) is 1.82. The minimum Gasteiger partial charge on any atom is -0.467 e. The standard InChI is InChI=1S/C10H11NO6/c1-16-9(13)8(12)10(4-5-10)6-2-3-7(17-6)11(14)15/h2-3,8,12H,4-5H2,1H3. The monoisotopic (exact) mass is 241 g/mol. The average molecular weight is 241 g/mol. The minimum absolute atomic E-state index is 0.252. The van der Waals surface area contributed by atoms with Gasteiger partial charge in [0.15, 0.2) is 6.10 Å². The number of aliphatic hydroxyl groups excluding tert-OH is 1. The molecule has 1 saturated carbocycles. The molecule has 0 bridgehead atoms. The summed E-state index contributed by atoms with van der Waals surface area (Å²) in [6.45, 7) is 0. The van der Waals surface area contributed by atoms with Gasteiger partial charge >= 0.3 is 11.9 Å². The third-order valence-electron chi connectivity index (χ3n) is 3.00. The van der Waals surface area contributed by atoms with Crippen LogP contribution in [0.25, 0.3) is 0 Å². The smallest absolute Gasteiger partial charge is 0.433 e. The maximum Gasteiger partial charge on any atom is 0.433 e. The highest BCUT2D eigenvalue weighted by Gasteiger charge is 2.56. The molecule has 2 rings (SSSR count). The van der Waals surface area contributed by atoms with Crippen LogP contribution in [0.2, 0.25) is 0 Å². The van der Waals surface area contributed by atoms with Crippen LogP contribution in [0.4, 0.5) is 5.88 Å². The van der Waals surface area contributed by atoms with Gasteiger partial charge in [-0.3, -0.25) is 10.1 Å². The number of methoxy groups -OCH3 is 1. The van der Waals surface area contributed by atoms with Crippen LogP contribution in [0.5, 0.6) is 0 Å². The number of esters is 1. The van der Waals surface area contributed by atoms with Crippen molar-refractivity contribution in [2.45, 2.75) is 24.4 Å². The van der Waals surface area contributed by atoms with E-state index < -0.39 is 28.3 Å². The molecular weight excluding hydrogens is 230 g/mol. The summed E-state index contributed by atoms with van der Waals surface area (Å²) in [6.07, 6.45) is -0.278. The number of nitrogens with zero attached hydrogens (tertiary/aromatic N) is 1. The van der Waals surface area contributed by atoms with E-state index in [0.717, 1.165) is 0 Å². The quantitative estimate of drug-likeness (QED) is 0.474. The predicted octanol–water partition coefficient (Wildman–Crippen LogP) is 0.753. The minimum atomic E-state index is -1.35. The summed E-state index contributed by atoms with van der Waals surface area (Å²) in [5.41, 5.74) is -0.860. The van der Waals surface area contributed by atoms with Gasteiger partial charge in [0.2, 0.25) is 0 Å². The zero-order valence-electron chi connectivity index (χ0n) is 9.08. The number of ether oxygens (including phenoxy) is 1. The molecule has 0 amide bonds. The van der Waals surface area contributed by atoms with Crippen molar-refractivity contribution in [1.29, 1.82) is 0 Å². The summed E-state index contributed by atoms with van der Waals surface area (Å²) in [5.74, 6) is -0.910. The lowest BCUT2D eigenvalue weighted by molar-refractivity contribution is -0.402. The number of carbonyl (C=O) groups is 1. The molecule has 7 nitrogen and oxygen atoms in total. The molecule has 0 aliphatic heterocycles. The van der Waals surface area contributed by atoms with E-state index in [1.807, 2.05) is 0 Å². The van der Waals surface area contributed by atoms with E-state index in [4.69, 9.17) is 4.42 Å². The number of hydrogen-bond donors (Lipinski definition) is 1. The van der Waals surface area contributed by atoms with E-state index in [-0.39, 0.29) is 5.76 Å². The van der Waals surface area contributed by atoms with E-state index in [0.29, 0.717) is 12.8 Å². The maximum atomic E-state index is 11.3. The van der Waals surface area contributed by atoms with Gasteiger partial charge in [-0.1, -0.05) is 0 Å². The molecule has 1 unspecified atom stereocenters. The summed E-state index contributed by atoms with van der Waals surface area (Å²) < 4.78 is 9.47. The lowest BCUT2D eigenvalue weighted by Crippen LogP contribution is -2.34. The van der Waals surface area contributed by atoms with Gasteiger partial charge in [0.1, 0.15) is 10.7 Å². The van der Waals surface area contributed by atoms with Crippen molar-refractivity contribution >= 4 is 11.9 Å². The zero-order valence-corrected chi connectivity index (χ0v) is 9.08. The highest BCUT2D eigenvalue weighted by Crippen LogP contribution is 2.52. The number of hydrogen-bond acceptors (Lipinski definition) is 6. The molecule has 7 heteroatoms. The topological polar surface area (TPSA) is 103 Å². The molecule has 1 heterocycles. The van der Waals surface area contributed by atoms with Gasteiger partial charge in [0, 0.05) is 0 Å². The van der Waals surface area contributed by atoms with Crippen LogP contribution < -0.4 is 0 Å². The van der Waals surface area contributed by atoms with Crippen LogP contribution in [0.3, 0.4) is 0 Å². The van der Waals surface area contributed by atoms with Crippen molar-refractivity contribution in [1.82, 2.24) is 0 Å². The molecule has 1 aliphatic rings. The van der Waals surface area contributed by atoms with E-state index in [1.54, 1.807) is 0 Å². The summed E-state index contributed by atoms with van der Waals surface area (Å²) in [7, 11) is 1.17. The highest BCUT2D eigenvalue weighted by atomic mass is 16.6. The number of nitro groups is 1. The van der Waals surface area contributed by atoms with Crippen molar-refractivity contribution in [2.75, 3.05) is 7.11 Å². The third kappa shape index (κ3) is 1.78. The first-order chi connectivity index (χ1) is 8.01. The fourth-order valence-corrected chi connectivity index (χ4v) is 1.82. The van der Waals surface area contributed by atoms with E-state index >= 15 is 0 Å². The molecule has 17 heavy (non-hydrogen) atoms. The Hall–Kier alpha value is -1.89. The van der Waals surface area contributed by atoms with E-state index in [2.05, 4.69) is 4.74 Å². The average Bonchev–Trinajstić information content (AvgIpc) is 2.97. The second kappa shape index (κ2) is 3.85. The molecule has 1 aromatic rings. The van der Waals surface area contributed by atoms with Gasteiger partial charge in [0.25, 0.3) is 0 Å². The van der Waals surface area contributed by atoms with Crippen molar-refractivity contribution < 1.29 is 24.0 Å². The molecule has 92 valence electrons. The first kappa shape index (κ1) is 11.6. The van der Waals surface area contributed by atoms with Gasteiger partial charge in [0.05, 0.1) is 18.6 Å². The Morgan fingerprint density at radius 3 is 2.71 bits per heavy atom. The summed E-state index contributed by atoms with van der Waals surface area (Å²) in [5, 5.41) is 20.3. The Kier molecular flexibility index (Phi) is 2.62. The first-order valence-electron chi connectivity index (χ1n) is 5.02. The summed E-state index contributed by atoms with van der Waals surface area (Å²) in [6, 6.07) is 2.62. The number of furan rings is 1. The van der Waals surface area contributed by atoms with Crippen LogP contribution >= 0.6 is 0 Å². The summed E-state index contributed by atoms with van der Waals surface area (Å²) >= 11 is 0. The van der Waals surface area contributed by atoms with Crippen molar-refractivity contribution in [3.63, 3.8) is 0 Å². The van der Waals surface area contributed by atoms with Crippen molar-refractivity contribution in [2.24, 2.45) is 0 Å². The van der Waals surface area contributed by atoms with Gasteiger partial charge < -0.3 is 14.3 Å². The number of carbonyl (C=O) groups excluding carboxylic acids is 1. The van der Waals surface area contributed by atoms with Gasteiger partial charge in [-0.25, -0.2) is 4.79 Å². The molecule has 0 spiro atoms. The second-order valence-electron chi connectivity index (χ2n) is 3.98. The SMILES string of the molecule is COC(=O)C(O)C1(c2ccc([N+](=O)[O-])o2)CC1. The molecule has 1 N–H and O–H groups in total. The van der Waals surface area contributed by atoms with Gasteiger partial charge in [-0.05, 0) is 18.9 Å². The molecule has 1 aliphatic carbocycles. The van der Waals surface area contributed by atoms with Crippen molar-refractivity contribution in [3.8, 4) is 0 Å². The van der Waals surface area contributed by atoms with E-state index in [9.17, 15) is 20.0 Å². The van der Waals surface area contributed by atoms with Crippen LogP contribution in [0.1, 0.15) is 18.6 Å². The first-order valence-corrected chi connectivity index (χ1v) is 5.02. The molecule has 1 aromatic heterocycles. The molecule has 0 saturated heterocycles. The highest BCUT2D eigenvalue weighted by molar-refractivity contribution is 5.77. The Morgan fingerprint density at radius 2 is 2.29 bits per heavy atom. The molecular formula is C10H11NO6. The van der Waals surface area contributed by atoms with Gasteiger partial charge in [-0.2, -0.15) is 0 Å². The molecule has 1 atom stereocenters.